The summed E-state index contributed by atoms with van der Waals surface area (Å²) in [7, 11) is 1.68. The molecule has 1 unspecified atom stereocenters. The molecule has 1 aliphatic rings. The number of nitrogens with one attached hydrogen (secondary N) is 2. The zero-order valence-corrected chi connectivity index (χ0v) is 18.2. The van der Waals surface area contributed by atoms with Gasteiger partial charge >= 0.3 is 0 Å². The Kier molecular flexibility index (Phi) is 12.4. The van der Waals surface area contributed by atoms with E-state index in [-0.39, 0.29) is 24.0 Å². The highest BCUT2D eigenvalue weighted by molar-refractivity contribution is 14.0. The summed E-state index contributed by atoms with van der Waals surface area (Å²) in [6, 6.07) is 8.27. The lowest BCUT2D eigenvalue weighted by Crippen LogP contribution is -2.38. The van der Waals surface area contributed by atoms with Crippen LogP contribution < -0.4 is 15.4 Å². The standard InChI is InChI=1S/C19H31N3O3.HI/c1-3-20-19(21-10-6-11-24-14-13-23-2)22-15-16-9-12-25-18-8-5-4-7-17(16)18;/h4-5,7-8,16H,3,6,9-15H2,1-2H3,(H2,20,21,22);1H. The third-order valence-corrected chi connectivity index (χ3v) is 4.09. The van der Waals surface area contributed by atoms with Crippen LogP contribution in [0.4, 0.5) is 0 Å². The Balaban J connectivity index is 0.00000338. The van der Waals surface area contributed by atoms with Crippen LogP contribution in [0.15, 0.2) is 29.3 Å². The number of fused-ring (bicyclic) bond motifs is 1. The number of nitrogens with zero attached hydrogens (tertiary/aromatic N) is 1. The lowest BCUT2D eigenvalue weighted by Gasteiger charge is -2.25. The quantitative estimate of drug-likeness (QED) is 0.235. The molecule has 1 aliphatic heterocycles. The number of rotatable bonds is 10. The Labute approximate surface area is 174 Å². The van der Waals surface area contributed by atoms with Crippen molar-refractivity contribution in [3.63, 3.8) is 0 Å². The van der Waals surface area contributed by atoms with Crippen LogP contribution in [-0.4, -0.2) is 59.1 Å². The average molecular weight is 477 g/mol. The van der Waals surface area contributed by atoms with Crippen LogP contribution in [0.25, 0.3) is 0 Å². The van der Waals surface area contributed by atoms with Crippen molar-refractivity contribution >= 4 is 29.9 Å². The molecule has 2 rings (SSSR count). The molecule has 26 heavy (non-hydrogen) atoms. The van der Waals surface area contributed by atoms with E-state index < -0.39 is 0 Å². The lowest BCUT2D eigenvalue weighted by molar-refractivity contribution is 0.0698. The molecule has 2 N–H and O–H groups in total. The molecule has 148 valence electrons. The van der Waals surface area contributed by atoms with Gasteiger partial charge in [0.15, 0.2) is 5.96 Å². The maximum absolute atomic E-state index is 5.73. The molecule has 6 nitrogen and oxygen atoms in total. The van der Waals surface area contributed by atoms with Crippen molar-refractivity contribution in [2.24, 2.45) is 4.99 Å². The minimum Gasteiger partial charge on any atom is -0.493 e. The van der Waals surface area contributed by atoms with Crippen LogP contribution in [0, 0.1) is 0 Å². The molecule has 0 saturated carbocycles. The smallest absolute Gasteiger partial charge is 0.191 e. The minimum absolute atomic E-state index is 0. The molecule has 0 aliphatic carbocycles. The molecule has 1 aromatic carbocycles. The van der Waals surface area contributed by atoms with Gasteiger partial charge in [0, 0.05) is 39.3 Å². The maximum atomic E-state index is 5.73. The van der Waals surface area contributed by atoms with Gasteiger partial charge in [0.05, 0.1) is 19.8 Å². The molecule has 1 atom stereocenters. The fraction of sp³-hybridized carbons (Fsp3) is 0.632. The van der Waals surface area contributed by atoms with Crippen LogP contribution in [0.5, 0.6) is 5.75 Å². The molecule has 0 saturated heterocycles. The average Bonchev–Trinajstić information content (AvgIpc) is 2.65. The fourth-order valence-electron chi connectivity index (χ4n) is 2.77. The van der Waals surface area contributed by atoms with Crippen molar-refractivity contribution in [2.45, 2.75) is 25.7 Å². The summed E-state index contributed by atoms with van der Waals surface area (Å²) < 4.78 is 16.2. The summed E-state index contributed by atoms with van der Waals surface area (Å²) in [5, 5.41) is 6.68. The van der Waals surface area contributed by atoms with Crippen molar-refractivity contribution in [3.05, 3.63) is 29.8 Å². The molecule has 7 heteroatoms. The Morgan fingerprint density at radius 2 is 2.08 bits per heavy atom. The van der Waals surface area contributed by atoms with Gasteiger partial charge in [0.2, 0.25) is 0 Å². The Morgan fingerprint density at radius 1 is 1.23 bits per heavy atom. The summed E-state index contributed by atoms with van der Waals surface area (Å²) >= 11 is 0. The molecule has 0 aromatic heterocycles. The minimum atomic E-state index is 0. The molecule has 0 radical (unpaired) electrons. The number of hydrogen-bond donors (Lipinski definition) is 2. The van der Waals surface area contributed by atoms with E-state index >= 15 is 0 Å². The number of hydrogen-bond acceptors (Lipinski definition) is 4. The third kappa shape index (κ3) is 8.09. The second-order valence-electron chi connectivity index (χ2n) is 5.98. The zero-order chi connectivity index (χ0) is 17.7. The third-order valence-electron chi connectivity index (χ3n) is 4.09. The van der Waals surface area contributed by atoms with E-state index in [0.29, 0.717) is 19.1 Å². The summed E-state index contributed by atoms with van der Waals surface area (Å²) in [5.74, 6) is 2.28. The SMILES string of the molecule is CCNC(=NCC1CCOc2ccccc21)NCCCOCCOC.I. The summed E-state index contributed by atoms with van der Waals surface area (Å²) in [6.07, 6.45) is 1.95. The van der Waals surface area contributed by atoms with E-state index in [1.165, 1.54) is 5.56 Å². The topological polar surface area (TPSA) is 64.1 Å². The van der Waals surface area contributed by atoms with E-state index in [1.54, 1.807) is 7.11 Å². The highest BCUT2D eigenvalue weighted by Crippen LogP contribution is 2.33. The highest BCUT2D eigenvalue weighted by atomic mass is 127. The molecular formula is C19H32IN3O3. The van der Waals surface area contributed by atoms with Crippen LogP contribution in [0.3, 0.4) is 0 Å². The van der Waals surface area contributed by atoms with E-state index in [1.807, 2.05) is 12.1 Å². The van der Waals surface area contributed by atoms with Gasteiger partial charge in [-0.2, -0.15) is 0 Å². The van der Waals surface area contributed by atoms with E-state index in [2.05, 4.69) is 29.7 Å². The van der Waals surface area contributed by atoms with E-state index in [0.717, 1.165) is 57.4 Å². The van der Waals surface area contributed by atoms with Crippen molar-refractivity contribution in [1.29, 1.82) is 0 Å². The summed E-state index contributed by atoms with van der Waals surface area (Å²) in [4.78, 5) is 4.76. The number of halogens is 1. The van der Waals surface area contributed by atoms with Crippen LogP contribution in [0.2, 0.25) is 0 Å². The van der Waals surface area contributed by atoms with Crippen molar-refractivity contribution < 1.29 is 14.2 Å². The monoisotopic (exact) mass is 477 g/mol. The number of ether oxygens (including phenoxy) is 3. The molecule has 0 fully saturated rings. The first-order valence-corrected chi connectivity index (χ1v) is 9.15. The van der Waals surface area contributed by atoms with Gasteiger partial charge in [0.1, 0.15) is 5.75 Å². The second kappa shape index (κ2) is 14.1. The number of aliphatic imine (C=N–C) groups is 1. The first-order chi connectivity index (χ1) is 12.3. The predicted octanol–water partition coefficient (Wildman–Crippen LogP) is 2.78. The van der Waals surface area contributed by atoms with Gasteiger partial charge in [-0.3, -0.25) is 4.99 Å². The van der Waals surface area contributed by atoms with Gasteiger partial charge in [-0.05, 0) is 31.4 Å². The Bertz CT molecular complexity index is 529. The molecule has 1 heterocycles. The fourth-order valence-corrected chi connectivity index (χ4v) is 2.77. The van der Waals surface area contributed by atoms with Gasteiger partial charge in [-0.15, -0.1) is 24.0 Å². The zero-order valence-electron chi connectivity index (χ0n) is 15.8. The highest BCUT2D eigenvalue weighted by Gasteiger charge is 2.20. The molecule has 1 aromatic rings. The molecule has 0 spiro atoms. The number of methoxy groups -OCH3 is 1. The van der Waals surface area contributed by atoms with Crippen molar-refractivity contribution in [1.82, 2.24) is 10.6 Å². The molecule has 0 bridgehead atoms. The van der Waals surface area contributed by atoms with Crippen molar-refractivity contribution in [3.8, 4) is 5.75 Å². The lowest BCUT2D eigenvalue weighted by atomic mass is 9.93. The largest absolute Gasteiger partial charge is 0.493 e. The summed E-state index contributed by atoms with van der Waals surface area (Å²) in [6.45, 7) is 7.31. The second-order valence-corrected chi connectivity index (χ2v) is 5.98. The Hall–Kier alpha value is -1.06. The Morgan fingerprint density at radius 3 is 2.88 bits per heavy atom. The van der Waals surface area contributed by atoms with Crippen molar-refractivity contribution in [2.75, 3.05) is 53.2 Å². The first-order valence-electron chi connectivity index (χ1n) is 9.15. The van der Waals surface area contributed by atoms with Gasteiger partial charge in [0.25, 0.3) is 0 Å². The van der Waals surface area contributed by atoms with Crippen LogP contribution in [0.1, 0.15) is 31.2 Å². The van der Waals surface area contributed by atoms with Crippen LogP contribution >= 0.6 is 24.0 Å². The van der Waals surface area contributed by atoms with Gasteiger partial charge in [-0.25, -0.2) is 0 Å². The van der Waals surface area contributed by atoms with E-state index in [9.17, 15) is 0 Å². The normalized spacial score (nSPS) is 16.2. The number of benzene rings is 1. The number of para-hydroxylation sites is 1. The van der Waals surface area contributed by atoms with Crippen LogP contribution in [-0.2, 0) is 9.47 Å². The van der Waals surface area contributed by atoms with E-state index in [4.69, 9.17) is 19.2 Å². The summed E-state index contributed by atoms with van der Waals surface area (Å²) in [5.41, 5.74) is 1.26. The van der Waals surface area contributed by atoms with Gasteiger partial charge in [-0.1, -0.05) is 18.2 Å². The predicted molar refractivity (Wildman–Crippen MR) is 116 cm³/mol. The molecular weight excluding hydrogens is 445 g/mol. The maximum Gasteiger partial charge on any atom is 0.191 e. The first kappa shape index (κ1) is 23.0. The number of guanidine groups is 1. The molecule has 0 amide bonds. The van der Waals surface area contributed by atoms with Gasteiger partial charge < -0.3 is 24.8 Å².